The number of ether oxygens (including phenoxy) is 2. The molecular weight excluding hydrogens is 408 g/mol. The van der Waals surface area contributed by atoms with Gasteiger partial charge in [-0.3, -0.25) is 4.79 Å². The van der Waals surface area contributed by atoms with E-state index in [-0.39, 0.29) is 11.7 Å². The van der Waals surface area contributed by atoms with E-state index in [0.717, 1.165) is 27.3 Å². The fourth-order valence-electron chi connectivity index (χ4n) is 2.66. The number of thioether (sulfide) groups is 1. The second kappa shape index (κ2) is 9.80. The zero-order valence-corrected chi connectivity index (χ0v) is 18.3. The van der Waals surface area contributed by atoms with Gasteiger partial charge in [0.1, 0.15) is 28.8 Å². The van der Waals surface area contributed by atoms with Crippen molar-refractivity contribution in [2.24, 2.45) is 0 Å². The molecule has 0 unspecified atom stereocenters. The van der Waals surface area contributed by atoms with Gasteiger partial charge >= 0.3 is 0 Å². The molecule has 3 N–H and O–H groups in total. The van der Waals surface area contributed by atoms with Gasteiger partial charge in [0.15, 0.2) is 5.16 Å². The zero-order valence-electron chi connectivity index (χ0n) is 16.7. The van der Waals surface area contributed by atoms with Crippen molar-refractivity contribution >= 4 is 45.0 Å². The van der Waals surface area contributed by atoms with Crippen molar-refractivity contribution < 1.29 is 14.3 Å². The summed E-state index contributed by atoms with van der Waals surface area (Å²) in [6.07, 6.45) is 0. The number of thiophene rings is 1. The highest BCUT2D eigenvalue weighted by atomic mass is 32.2. The van der Waals surface area contributed by atoms with Crippen LogP contribution in [0.5, 0.6) is 11.5 Å². The standard InChI is InChI=1S/C20H24N4O3S2/c1-4-26-14-5-7-15(8-6-14)27-10-9-22-16(25)11-28-20-23-18(21)17-12(2)13(3)29-19(17)24-20/h5-8H,4,9-11H2,1-3H3,(H,22,25)(H2,21,23,24). The maximum Gasteiger partial charge on any atom is 0.230 e. The number of hydrogen-bond donors (Lipinski definition) is 2. The van der Waals surface area contributed by atoms with Crippen LogP contribution in [0.25, 0.3) is 10.2 Å². The van der Waals surface area contributed by atoms with E-state index in [2.05, 4.69) is 15.3 Å². The Balaban J connectivity index is 1.42. The Labute approximate surface area is 178 Å². The van der Waals surface area contributed by atoms with E-state index in [9.17, 15) is 4.79 Å². The lowest BCUT2D eigenvalue weighted by Crippen LogP contribution is -2.29. The number of nitrogen functional groups attached to an aromatic ring is 1. The number of nitrogens with zero attached hydrogens (tertiary/aromatic N) is 2. The number of fused-ring (bicyclic) bond motifs is 1. The van der Waals surface area contributed by atoms with E-state index in [1.54, 1.807) is 11.3 Å². The summed E-state index contributed by atoms with van der Waals surface area (Å²) < 4.78 is 11.0. The van der Waals surface area contributed by atoms with E-state index in [1.807, 2.05) is 45.0 Å². The predicted octanol–water partition coefficient (Wildman–Crippen LogP) is 3.58. The van der Waals surface area contributed by atoms with Gasteiger partial charge in [-0.2, -0.15) is 0 Å². The minimum atomic E-state index is -0.105. The van der Waals surface area contributed by atoms with E-state index in [4.69, 9.17) is 15.2 Å². The van der Waals surface area contributed by atoms with Gasteiger partial charge in [0, 0.05) is 4.88 Å². The number of aryl methyl sites for hydroxylation is 2. The molecule has 0 saturated heterocycles. The predicted molar refractivity (Wildman–Crippen MR) is 118 cm³/mol. The molecular formula is C20H24N4O3S2. The van der Waals surface area contributed by atoms with Gasteiger partial charge in [-0.15, -0.1) is 11.3 Å². The Morgan fingerprint density at radius 3 is 2.55 bits per heavy atom. The third kappa shape index (κ3) is 5.51. The lowest BCUT2D eigenvalue weighted by Gasteiger charge is -2.09. The monoisotopic (exact) mass is 432 g/mol. The molecule has 0 aliphatic carbocycles. The number of anilines is 1. The molecule has 3 aromatic rings. The molecule has 3 rings (SSSR count). The van der Waals surface area contributed by atoms with Gasteiger partial charge in [0.05, 0.1) is 24.3 Å². The highest BCUT2D eigenvalue weighted by Gasteiger charge is 2.13. The van der Waals surface area contributed by atoms with Crippen LogP contribution in [0, 0.1) is 13.8 Å². The van der Waals surface area contributed by atoms with Gasteiger partial charge in [0.25, 0.3) is 0 Å². The van der Waals surface area contributed by atoms with Gasteiger partial charge in [-0.05, 0) is 50.6 Å². The Bertz CT molecular complexity index is 990. The Morgan fingerprint density at radius 1 is 1.17 bits per heavy atom. The minimum Gasteiger partial charge on any atom is -0.494 e. The largest absolute Gasteiger partial charge is 0.494 e. The summed E-state index contributed by atoms with van der Waals surface area (Å²) in [6, 6.07) is 7.39. The van der Waals surface area contributed by atoms with Crippen molar-refractivity contribution in [2.45, 2.75) is 25.9 Å². The SMILES string of the molecule is CCOc1ccc(OCCNC(=O)CSc2nc(N)c3c(C)c(C)sc3n2)cc1. The normalized spacial score (nSPS) is 10.9. The number of nitrogens with two attached hydrogens (primary N) is 1. The smallest absolute Gasteiger partial charge is 0.230 e. The molecule has 9 heteroatoms. The lowest BCUT2D eigenvalue weighted by atomic mass is 10.2. The van der Waals surface area contributed by atoms with Crippen LogP contribution < -0.4 is 20.5 Å². The molecule has 0 aliphatic rings. The van der Waals surface area contributed by atoms with Crippen molar-refractivity contribution in [1.82, 2.24) is 15.3 Å². The fourth-order valence-corrected chi connectivity index (χ4v) is 4.44. The van der Waals surface area contributed by atoms with Crippen molar-refractivity contribution in [3.63, 3.8) is 0 Å². The van der Waals surface area contributed by atoms with Gasteiger partial charge in [-0.25, -0.2) is 9.97 Å². The van der Waals surface area contributed by atoms with Crippen LogP contribution in [-0.2, 0) is 4.79 Å². The van der Waals surface area contributed by atoms with E-state index < -0.39 is 0 Å². The van der Waals surface area contributed by atoms with Crippen LogP contribution in [0.3, 0.4) is 0 Å². The van der Waals surface area contributed by atoms with E-state index >= 15 is 0 Å². The molecule has 2 heterocycles. The average Bonchev–Trinajstić information content (AvgIpc) is 2.99. The summed E-state index contributed by atoms with van der Waals surface area (Å²) in [4.78, 5) is 22.9. The Kier molecular flexibility index (Phi) is 7.16. The second-order valence-electron chi connectivity index (χ2n) is 6.25. The van der Waals surface area contributed by atoms with Crippen LogP contribution >= 0.6 is 23.1 Å². The first-order valence-electron chi connectivity index (χ1n) is 9.26. The number of amides is 1. The number of rotatable bonds is 9. The second-order valence-corrected chi connectivity index (χ2v) is 8.39. The molecule has 7 nitrogen and oxygen atoms in total. The zero-order chi connectivity index (χ0) is 20.8. The molecule has 0 saturated carbocycles. The molecule has 0 radical (unpaired) electrons. The maximum atomic E-state index is 12.1. The summed E-state index contributed by atoms with van der Waals surface area (Å²) in [6.45, 7) is 7.42. The number of benzene rings is 1. The third-order valence-electron chi connectivity index (χ3n) is 4.20. The molecule has 0 spiro atoms. The third-order valence-corrected chi connectivity index (χ3v) is 6.14. The van der Waals surface area contributed by atoms with Crippen LogP contribution in [0.15, 0.2) is 29.4 Å². The highest BCUT2D eigenvalue weighted by Crippen LogP contribution is 2.33. The molecule has 0 aliphatic heterocycles. The molecule has 1 amide bonds. The van der Waals surface area contributed by atoms with Crippen LogP contribution in [0.2, 0.25) is 0 Å². The van der Waals surface area contributed by atoms with Gasteiger partial charge in [0.2, 0.25) is 5.91 Å². The number of aromatic nitrogens is 2. The molecule has 0 fully saturated rings. The van der Waals surface area contributed by atoms with Crippen molar-refractivity contribution in [3.8, 4) is 11.5 Å². The van der Waals surface area contributed by atoms with Crippen molar-refractivity contribution in [3.05, 3.63) is 34.7 Å². The molecule has 1 aromatic carbocycles. The molecule has 0 atom stereocenters. The van der Waals surface area contributed by atoms with Crippen molar-refractivity contribution in [1.29, 1.82) is 0 Å². The first-order chi connectivity index (χ1) is 14.0. The molecule has 0 bridgehead atoms. The Morgan fingerprint density at radius 2 is 1.86 bits per heavy atom. The quantitative estimate of drug-likeness (QED) is 0.303. The summed E-state index contributed by atoms with van der Waals surface area (Å²) in [5, 5.41) is 4.25. The number of hydrogen-bond acceptors (Lipinski definition) is 8. The molecule has 2 aromatic heterocycles. The van der Waals surface area contributed by atoms with Gasteiger partial charge < -0.3 is 20.5 Å². The molecule has 29 heavy (non-hydrogen) atoms. The highest BCUT2D eigenvalue weighted by molar-refractivity contribution is 7.99. The number of carbonyl (C=O) groups is 1. The summed E-state index contributed by atoms with van der Waals surface area (Å²) in [7, 11) is 0. The minimum absolute atomic E-state index is 0.105. The van der Waals surface area contributed by atoms with E-state index in [0.29, 0.717) is 30.7 Å². The summed E-state index contributed by atoms with van der Waals surface area (Å²) in [5.74, 6) is 2.11. The number of carbonyl (C=O) groups excluding carboxylic acids is 1. The molecule has 154 valence electrons. The topological polar surface area (TPSA) is 99.4 Å². The van der Waals surface area contributed by atoms with E-state index in [1.165, 1.54) is 16.6 Å². The van der Waals surface area contributed by atoms with Crippen LogP contribution in [-0.4, -0.2) is 41.4 Å². The van der Waals surface area contributed by atoms with Crippen LogP contribution in [0.4, 0.5) is 5.82 Å². The van der Waals surface area contributed by atoms with Crippen LogP contribution in [0.1, 0.15) is 17.4 Å². The summed E-state index contributed by atoms with van der Waals surface area (Å²) in [5.41, 5.74) is 7.19. The van der Waals surface area contributed by atoms with Crippen molar-refractivity contribution in [2.75, 3.05) is 31.2 Å². The van der Waals surface area contributed by atoms with Gasteiger partial charge in [-0.1, -0.05) is 11.8 Å². The summed E-state index contributed by atoms with van der Waals surface area (Å²) >= 11 is 2.86. The first kappa shape index (κ1) is 21.2. The first-order valence-corrected chi connectivity index (χ1v) is 11.1. The average molecular weight is 433 g/mol. The lowest BCUT2D eigenvalue weighted by molar-refractivity contribution is -0.118. The fraction of sp³-hybridized carbons (Fsp3) is 0.350. The Hall–Kier alpha value is -2.52. The maximum absolute atomic E-state index is 12.1. The number of nitrogens with one attached hydrogen (secondary N) is 1.